The van der Waals surface area contributed by atoms with E-state index in [1.54, 1.807) is 0 Å². The minimum atomic E-state index is -0.528. The Bertz CT molecular complexity index is 958. The number of halogens is 2. The zero-order valence-corrected chi connectivity index (χ0v) is 17.5. The molecule has 0 unspecified atom stereocenters. The number of morpholine rings is 1. The van der Waals surface area contributed by atoms with Crippen LogP contribution in [0.1, 0.15) is 29.5 Å². The van der Waals surface area contributed by atoms with Gasteiger partial charge >= 0.3 is 0 Å². The summed E-state index contributed by atoms with van der Waals surface area (Å²) in [5, 5.41) is 5.62. The lowest BCUT2D eigenvalue weighted by molar-refractivity contribution is -0.130. The molecular formula is C24H27F2N3O2. The van der Waals surface area contributed by atoms with Gasteiger partial charge in [0.15, 0.2) is 0 Å². The average molecular weight is 427 g/mol. The van der Waals surface area contributed by atoms with Crippen molar-refractivity contribution in [1.29, 1.82) is 0 Å². The maximum absolute atomic E-state index is 14.0. The molecule has 1 amide bonds. The summed E-state index contributed by atoms with van der Waals surface area (Å²) in [7, 11) is 0. The predicted octanol–water partition coefficient (Wildman–Crippen LogP) is 3.41. The van der Waals surface area contributed by atoms with Crippen molar-refractivity contribution in [2.24, 2.45) is 5.10 Å². The Hall–Kier alpha value is -2.64. The second kappa shape index (κ2) is 10.1. The number of carbonyl (C=O) groups is 1. The molecule has 0 radical (unpaired) electrons. The van der Waals surface area contributed by atoms with Crippen LogP contribution < -0.4 is 0 Å². The highest BCUT2D eigenvalue weighted by molar-refractivity contribution is 6.03. The molecule has 7 heteroatoms. The molecule has 2 aliphatic rings. The van der Waals surface area contributed by atoms with Gasteiger partial charge in [-0.05, 0) is 48.7 Å². The molecule has 2 aromatic carbocycles. The topological polar surface area (TPSA) is 45.1 Å². The first-order chi connectivity index (χ1) is 15.1. The van der Waals surface area contributed by atoms with Gasteiger partial charge in [0.2, 0.25) is 5.91 Å². The Morgan fingerprint density at radius 3 is 2.68 bits per heavy atom. The van der Waals surface area contributed by atoms with E-state index in [0.29, 0.717) is 18.7 Å². The van der Waals surface area contributed by atoms with E-state index in [2.05, 4.69) is 22.1 Å². The number of hydrazone groups is 1. The summed E-state index contributed by atoms with van der Waals surface area (Å²) in [6.45, 7) is 5.03. The average Bonchev–Trinajstić information content (AvgIpc) is 3.27. The third-order valence-corrected chi connectivity index (χ3v) is 5.72. The van der Waals surface area contributed by atoms with E-state index >= 15 is 0 Å². The molecule has 4 rings (SSSR count). The highest BCUT2D eigenvalue weighted by Crippen LogP contribution is 2.19. The first-order valence-electron chi connectivity index (χ1n) is 10.8. The molecular weight excluding hydrogens is 400 g/mol. The van der Waals surface area contributed by atoms with Crippen molar-refractivity contribution in [3.63, 3.8) is 0 Å². The second-order valence-electron chi connectivity index (χ2n) is 7.99. The number of amides is 1. The molecule has 2 heterocycles. The second-order valence-corrected chi connectivity index (χ2v) is 7.99. The van der Waals surface area contributed by atoms with Crippen LogP contribution in [0.2, 0.25) is 0 Å². The summed E-state index contributed by atoms with van der Waals surface area (Å²) in [5.74, 6) is -1.19. The lowest BCUT2D eigenvalue weighted by Crippen LogP contribution is -2.36. The van der Waals surface area contributed by atoms with Crippen LogP contribution in [0.25, 0.3) is 0 Å². The molecule has 0 saturated carbocycles. The molecule has 164 valence electrons. The van der Waals surface area contributed by atoms with Gasteiger partial charge in [-0.2, -0.15) is 5.10 Å². The van der Waals surface area contributed by atoms with Crippen LogP contribution in [0, 0.1) is 11.6 Å². The largest absolute Gasteiger partial charge is 0.379 e. The molecule has 0 aliphatic carbocycles. The Kier molecular flexibility index (Phi) is 7.04. The summed E-state index contributed by atoms with van der Waals surface area (Å²) >= 11 is 0. The van der Waals surface area contributed by atoms with Crippen molar-refractivity contribution in [2.75, 3.05) is 39.4 Å². The fourth-order valence-corrected chi connectivity index (χ4v) is 4.04. The van der Waals surface area contributed by atoms with Crippen LogP contribution in [0.15, 0.2) is 47.6 Å². The van der Waals surface area contributed by atoms with Crippen LogP contribution >= 0.6 is 0 Å². The lowest BCUT2D eigenvalue weighted by atomic mass is 10.0. The van der Waals surface area contributed by atoms with Crippen molar-refractivity contribution in [3.8, 4) is 0 Å². The number of ether oxygens (including phenoxy) is 1. The molecule has 0 bridgehead atoms. The molecule has 0 N–H and O–H groups in total. The van der Waals surface area contributed by atoms with E-state index < -0.39 is 11.6 Å². The molecule has 31 heavy (non-hydrogen) atoms. The summed E-state index contributed by atoms with van der Waals surface area (Å²) < 4.78 is 32.8. The third-order valence-electron chi connectivity index (χ3n) is 5.72. The number of aryl methyl sites for hydroxylation is 1. The molecule has 0 spiro atoms. The monoisotopic (exact) mass is 427 g/mol. The SMILES string of the molecule is O=C(Cc1cccc(CCCN2CCOCC2)c1)N1CCC(c2cc(F)ccc2F)=N1. The number of hydrogen-bond acceptors (Lipinski definition) is 4. The maximum Gasteiger partial charge on any atom is 0.247 e. The van der Waals surface area contributed by atoms with E-state index in [1.807, 2.05) is 12.1 Å². The van der Waals surface area contributed by atoms with Crippen LogP contribution in [-0.2, 0) is 22.4 Å². The van der Waals surface area contributed by atoms with Gasteiger partial charge in [-0.1, -0.05) is 24.3 Å². The minimum Gasteiger partial charge on any atom is -0.379 e. The van der Waals surface area contributed by atoms with Crippen LogP contribution in [0.5, 0.6) is 0 Å². The van der Waals surface area contributed by atoms with Gasteiger partial charge in [0, 0.05) is 25.1 Å². The molecule has 0 aromatic heterocycles. The van der Waals surface area contributed by atoms with Gasteiger partial charge in [0.1, 0.15) is 11.6 Å². The highest BCUT2D eigenvalue weighted by atomic mass is 19.1. The summed E-state index contributed by atoms with van der Waals surface area (Å²) in [6, 6.07) is 11.4. The Morgan fingerprint density at radius 1 is 1.03 bits per heavy atom. The van der Waals surface area contributed by atoms with Crippen molar-refractivity contribution in [2.45, 2.75) is 25.7 Å². The van der Waals surface area contributed by atoms with Crippen molar-refractivity contribution >= 4 is 11.6 Å². The van der Waals surface area contributed by atoms with E-state index in [1.165, 1.54) is 10.6 Å². The van der Waals surface area contributed by atoms with Gasteiger partial charge in [-0.15, -0.1) is 0 Å². The van der Waals surface area contributed by atoms with Crippen molar-refractivity contribution in [1.82, 2.24) is 9.91 Å². The number of hydrogen-bond donors (Lipinski definition) is 0. The van der Waals surface area contributed by atoms with E-state index in [-0.39, 0.29) is 17.9 Å². The van der Waals surface area contributed by atoms with E-state index in [9.17, 15) is 13.6 Å². The first kappa shape index (κ1) is 21.6. The summed E-state index contributed by atoms with van der Waals surface area (Å²) in [4.78, 5) is 15.1. The van der Waals surface area contributed by atoms with Crippen molar-refractivity contribution < 1.29 is 18.3 Å². The van der Waals surface area contributed by atoms with Crippen LogP contribution in [-0.4, -0.2) is 60.9 Å². The Balaban J connectivity index is 1.32. The third kappa shape index (κ3) is 5.74. The van der Waals surface area contributed by atoms with Crippen molar-refractivity contribution in [3.05, 3.63) is 70.8 Å². The molecule has 2 aliphatic heterocycles. The standard InChI is InChI=1S/C24H27F2N3O2/c25-20-6-7-22(26)21(17-20)23-8-10-29(27-23)24(30)16-19-4-1-3-18(15-19)5-2-9-28-11-13-31-14-12-28/h1,3-4,6-7,15,17H,2,5,8-14,16H2. The highest BCUT2D eigenvalue weighted by Gasteiger charge is 2.23. The number of rotatable bonds is 7. The fraction of sp³-hybridized carbons (Fsp3) is 0.417. The maximum atomic E-state index is 14.0. The minimum absolute atomic E-state index is 0.123. The molecule has 5 nitrogen and oxygen atoms in total. The predicted molar refractivity (Wildman–Crippen MR) is 115 cm³/mol. The normalized spacial score (nSPS) is 17.1. The fourth-order valence-electron chi connectivity index (χ4n) is 4.04. The first-order valence-corrected chi connectivity index (χ1v) is 10.8. The van der Waals surface area contributed by atoms with Gasteiger partial charge in [0.05, 0.1) is 31.9 Å². The Morgan fingerprint density at radius 2 is 1.84 bits per heavy atom. The van der Waals surface area contributed by atoms with Crippen LogP contribution in [0.4, 0.5) is 8.78 Å². The molecule has 0 atom stereocenters. The van der Waals surface area contributed by atoms with Gasteiger partial charge < -0.3 is 4.74 Å². The number of benzene rings is 2. The number of nitrogens with zero attached hydrogens (tertiary/aromatic N) is 3. The molecule has 1 fully saturated rings. The summed E-state index contributed by atoms with van der Waals surface area (Å²) in [5.41, 5.74) is 2.68. The quantitative estimate of drug-likeness (QED) is 0.680. The van der Waals surface area contributed by atoms with Gasteiger partial charge in [0.25, 0.3) is 0 Å². The van der Waals surface area contributed by atoms with Crippen LogP contribution in [0.3, 0.4) is 0 Å². The van der Waals surface area contributed by atoms with Gasteiger partial charge in [-0.25, -0.2) is 13.8 Å². The number of carbonyl (C=O) groups excluding carboxylic acids is 1. The summed E-state index contributed by atoms with van der Waals surface area (Å²) in [6.07, 6.45) is 2.67. The lowest BCUT2D eigenvalue weighted by Gasteiger charge is -2.26. The van der Waals surface area contributed by atoms with E-state index in [4.69, 9.17) is 4.74 Å². The molecule has 2 aromatic rings. The zero-order chi connectivity index (χ0) is 21.6. The van der Waals surface area contributed by atoms with Gasteiger partial charge in [-0.3, -0.25) is 9.69 Å². The van der Waals surface area contributed by atoms with E-state index in [0.717, 1.165) is 69.5 Å². The zero-order valence-electron chi connectivity index (χ0n) is 17.5. The molecule has 1 saturated heterocycles. The smallest absolute Gasteiger partial charge is 0.247 e. The Labute approximate surface area is 181 Å².